The van der Waals surface area contributed by atoms with Crippen molar-refractivity contribution in [2.75, 3.05) is 6.54 Å². The van der Waals surface area contributed by atoms with Crippen molar-refractivity contribution in [3.05, 3.63) is 71.1 Å². The second-order valence-corrected chi connectivity index (χ2v) is 7.94. The van der Waals surface area contributed by atoms with Gasteiger partial charge in [0.2, 0.25) is 0 Å². The van der Waals surface area contributed by atoms with E-state index in [2.05, 4.69) is 71.4 Å². The molecule has 0 saturated heterocycles. The minimum absolute atomic E-state index is 0.167. The van der Waals surface area contributed by atoms with Gasteiger partial charge in [0.1, 0.15) is 0 Å². The van der Waals surface area contributed by atoms with Gasteiger partial charge in [-0.05, 0) is 49.9 Å². The monoisotopic (exact) mass is 355 g/mol. The van der Waals surface area contributed by atoms with E-state index in [1.807, 2.05) is 6.08 Å². The van der Waals surface area contributed by atoms with Crippen molar-refractivity contribution >= 4 is 9.24 Å². The zero-order valence-electron chi connectivity index (χ0n) is 16.0. The van der Waals surface area contributed by atoms with Crippen LogP contribution in [0.25, 0.3) is 0 Å². The molecule has 0 spiro atoms. The van der Waals surface area contributed by atoms with Crippen LogP contribution in [-0.2, 0) is 0 Å². The number of hydrogen-bond acceptors (Lipinski definition) is 1. The van der Waals surface area contributed by atoms with Crippen LogP contribution in [0, 0.1) is 0 Å². The molecule has 0 aromatic heterocycles. The van der Waals surface area contributed by atoms with Gasteiger partial charge in [0.15, 0.2) is 0 Å². The Labute approximate surface area is 156 Å². The van der Waals surface area contributed by atoms with E-state index in [1.54, 1.807) is 0 Å². The Balaban J connectivity index is 2.11. The summed E-state index contributed by atoms with van der Waals surface area (Å²) in [5.74, 6) is 0. The third kappa shape index (κ3) is 5.94. The van der Waals surface area contributed by atoms with Crippen LogP contribution in [0.2, 0.25) is 0 Å². The molecule has 1 nitrogen and oxygen atoms in total. The van der Waals surface area contributed by atoms with Gasteiger partial charge in [-0.2, -0.15) is 0 Å². The zero-order valence-corrected chi connectivity index (χ0v) is 17.1. The summed E-state index contributed by atoms with van der Waals surface area (Å²) in [6.07, 6.45) is 23.9. The third-order valence-corrected chi connectivity index (χ3v) is 5.86. The Morgan fingerprint density at radius 2 is 2.08 bits per heavy atom. The van der Waals surface area contributed by atoms with Crippen molar-refractivity contribution in [3.8, 4) is 0 Å². The van der Waals surface area contributed by atoms with E-state index < -0.39 is 0 Å². The molecule has 1 fully saturated rings. The Morgan fingerprint density at radius 1 is 1.32 bits per heavy atom. The molecule has 0 amide bonds. The van der Waals surface area contributed by atoms with Crippen LogP contribution in [0.3, 0.4) is 0 Å². The van der Waals surface area contributed by atoms with Crippen LogP contribution in [0.5, 0.6) is 0 Å². The molecule has 2 rings (SSSR count). The van der Waals surface area contributed by atoms with Gasteiger partial charge in [0, 0.05) is 12.1 Å². The maximum atomic E-state index is 3.95. The van der Waals surface area contributed by atoms with Gasteiger partial charge in [-0.1, -0.05) is 80.0 Å². The first kappa shape index (κ1) is 20.1. The summed E-state index contributed by atoms with van der Waals surface area (Å²) < 4.78 is 0. The zero-order chi connectivity index (χ0) is 18.1. The van der Waals surface area contributed by atoms with Gasteiger partial charge in [-0.3, -0.25) is 0 Å². The van der Waals surface area contributed by atoms with Crippen molar-refractivity contribution in [3.63, 3.8) is 0 Å². The summed E-state index contributed by atoms with van der Waals surface area (Å²) in [4.78, 5) is 0. The lowest BCUT2D eigenvalue weighted by Crippen LogP contribution is -2.45. The number of nitrogens with one attached hydrogen (secondary N) is 1. The molecule has 2 aliphatic carbocycles. The molecular weight excluding hydrogens is 321 g/mol. The number of allylic oxidation sites excluding steroid dienone is 9. The van der Waals surface area contributed by atoms with Gasteiger partial charge < -0.3 is 5.32 Å². The summed E-state index contributed by atoms with van der Waals surface area (Å²) in [5, 5.41) is 5.21. The quantitative estimate of drug-likeness (QED) is 0.302. The summed E-state index contributed by atoms with van der Waals surface area (Å²) in [6.45, 7) is 9.27. The first-order chi connectivity index (χ1) is 12.1. The first-order valence-corrected chi connectivity index (χ1v) is 10.2. The second kappa shape index (κ2) is 10.1. The molecule has 1 atom stereocenters. The molecule has 2 heteroatoms. The molecule has 1 saturated carbocycles. The number of hydrogen-bond donors (Lipinski definition) is 1. The highest BCUT2D eigenvalue weighted by Crippen LogP contribution is 2.38. The average Bonchev–Trinajstić information content (AvgIpc) is 2.99. The molecule has 0 aliphatic heterocycles. The van der Waals surface area contributed by atoms with Crippen molar-refractivity contribution in [2.24, 2.45) is 0 Å². The Hall–Kier alpha value is -1.17. The fourth-order valence-corrected chi connectivity index (χ4v) is 3.92. The molecular formula is C23H34NP. The van der Waals surface area contributed by atoms with Crippen molar-refractivity contribution < 1.29 is 0 Å². The Kier molecular flexibility index (Phi) is 8.13. The molecule has 0 heterocycles. The molecule has 1 N–H and O–H groups in total. The average molecular weight is 356 g/mol. The minimum atomic E-state index is 0.167. The van der Waals surface area contributed by atoms with Crippen molar-refractivity contribution in [1.29, 1.82) is 0 Å². The van der Waals surface area contributed by atoms with Crippen LogP contribution in [0.1, 0.15) is 58.8 Å². The minimum Gasteiger partial charge on any atom is -0.304 e. The topological polar surface area (TPSA) is 12.0 Å². The van der Waals surface area contributed by atoms with E-state index >= 15 is 0 Å². The molecule has 136 valence electrons. The van der Waals surface area contributed by atoms with Crippen LogP contribution >= 0.6 is 9.24 Å². The molecule has 0 aromatic carbocycles. The Morgan fingerprint density at radius 3 is 2.76 bits per heavy atom. The summed E-state index contributed by atoms with van der Waals surface area (Å²) in [7, 11) is 2.81. The van der Waals surface area contributed by atoms with Crippen LogP contribution < -0.4 is 5.32 Å². The van der Waals surface area contributed by atoms with E-state index in [0.29, 0.717) is 0 Å². The summed E-state index contributed by atoms with van der Waals surface area (Å²) in [6, 6.07) is 0. The fourth-order valence-electron chi connectivity index (χ4n) is 3.69. The largest absolute Gasteiger partial charge is 0.304 e. The lowest BCUT2D eigenvalue weighted by Gasteiger charge is -2.34. The standard InChI is InChI=1S/C23H34NP/c1-4-9-20(13-12-19(3)5-2)18-24-23(16-6-7-17-23)21-10-8-11-22(25)15-14-21/h4,8-9,11-12,14-15,24H,1,5-7,10,13,16-18,25H2,2-3H3/b19-12+,20-9+. The maximum Gasteiger partial charge on any atom is 0.0402 e. The molecule has 0 aromatic rings. The molecule has 0 bridgehead atoms. The van der Waals surface area contributed by atoms with Gasteiger partial charge >= 0.3 is 0 Å². The summed E-state index contributed by atoms with van der Waals surface area (Å²) in [5.41, 5.74) is 4.58. The van der Waals surface area contributed by atoms with Crippen LogP contribution in [0.4, 0.5) is 0 Å². The molecule has 0 radical (unpaired) electrons. The molecule has 2 aliphatic rings. The van der Waals surface area contributed by atoms with E-state index in [-0.39, 0.29) is 5.54 Å². The van der Waals surface area contributed by atoms with Gasteiger partial charge in [0.05, 0.1) is 0 Å². The maximum absolute atomic E-state index is 3.95. The lowest BCUT2D eigenvalue weighted by molar-refractivity contribution is 0.397. The predicted octanol–water partition coefficient (Wildman–Crippen LogP) is 6.39. The van der Waals surface area contributed by atoms with Crippen molar-refractivity contribution in [1.82, 2.24) is 5.32 Å². The lowest BCUT2D eigenvalue weighted by atomic mass is 9.85. The third-order valence-electron chi connectivity index (χ3n) is 5.47. The van der Waals surface area contributed by atoms with Crippen molar-refractivity contribution in [2.45, 2.75) is 64.3 Å². The van der Waals surface area contributed by atoms with Crippen LogP contribution in [-0.4, -0.2) is 12.1 Å². The molecule has 25 heavy (non-hydrogen) atoms. The first-order valence-electron chi connectivity index (χ1n) is 9.64. The smallest absolute Gasteiger partial charge is 0.0402 e. The fraction of sp³-hybridized carbons (Fsp3) is 0.478. The SMILES string of the molecule is C=C/C=C(\C/C=C(\C)CC)CNC1(C2=CC=C(P)C=CC2)CCCC1. The van der Waals surface area contributed by atoms with Crippen LogP contribution in [0.15, 0.2) is 71.1 Å². The predicted molar refractivity (Wildman–Crippen MR) is 116 cm³/mol. The van der Waals surface area contributed by atoms with E-state index in [9.17, 15) is 0 Å². The van der Waals surface area contributed by atoms with E-state index in [1.165, 1.54) is 47.7 Å². The highest BCUT2D eigenvalue weighted by Gasteiger charge is 2.36. The highest BCUT2D eigenvalue weighted by molar-refractivity contribution is 7.22. The van der Waals surface area contributed by atoms with E-state index in [4.69, 9.17) is 0 Å². The second-order valence-electron chi connectivity index (χ2n) is 7.28. The van der Waals surface area contributed by atoms with Gasteiger partial charge in [-0.15, -0.1) is 9.24 Å². The number of rotatable bonds is 8. The van der Waals surface area contributed by atoms with Gasteiger partial charge in [0.25, 0.3) is 0 Å². The van der Waals surface area contributed by atoms with Gasteiger partial charge in [-0.25, -0.2) is 0 Å². The normalized spacial score (nSPS) is 20.9. The highest BCUT2D eigenvalue weighted by atomic mass is 31.0. The van der Waals surface area contributed by atoms with E-state index in [0.717, 1.165) is 25.8 Å². The Bertz CT molecular complexity index is 610. The summed E-state index contributed by atoms with van der Waals surface area (Å²) >= 11 is 0. The molecule has 1 unspecified atom stereocenters.